The number of carbonyl (C=O) groups is 1. The van der Waals surface area contributed by atoms with Crippen molar-refractivity contribution < 1.29 is 18.1 Å². The highest BCUT2D eigenvalue weighted by Crippen LogP contribution is 2.37. The van der Waals surface area contributed by atoms with Crippen molar-refractivity contribution in [3.63, 3.8) is 0 Å². The standard InChI is InChI=1S/C10H14ClN3O5S2/c1-4-13(6-8(15)12(2)3)21(18,19)9-5-7(14(16)17)10(11)20-9/h5H,4,6H2,1-3H3. The van der Waals surface area contributed by atoms with Crippen LogP contribution >= 0.6 is 22.9 Å². The molecule has 1 rings (SSSR count). The van der Waals surface area contributed by atoms with Gasteiger partial charge in [-0.3, -0.25) is 14.9 Å². The number of sulfonamides is 1. The van der Waals surface area contributed by atoms with Gasteiger partial charge in [-0.2, -0.15) is 4.31 Å². The maximum absolute atomic E-state index is 12.4. The van der Waals surface area contributed by atoms with Crippen LogP contribution in [0.5, 0.6) is 0 Å². The number of halogens is 1. The molecule has 0 saturated carbocycles. The van der Waals surface area contributed by atoms with Crippen LogP contribution in [-0.4, -0.2) is 55.6 Å². The van der Waals surface area contributed by atoms with Gasteiger partial charge < -0.3 is 4.90 Å². The lowest BCUT2D eigenvalue weighted by Gasteiger charge is -2.20. The Morgan fingerprint density at radius 1 is 1.48 bits per heavy atom. The lowest BCUT2D eigenvalue weighted by atomic mass is 10.5. The Hall–Kier alpha value is -1.23. The molecule has 0 spiro atoms. The van der Waals surface area contributed by atoms with E-state index in [0.29, 0.717) is 11.3 Å². The SMILES string of the molecule is CCN(CC(=O)N(C)C)S(=O)(=O)c1cc([N+](=O)[O-])c(Cl)s1. The van der Waals surface area contributed by atoms with Crippen LogP contribution in [0.2, 0.25) is 4.34 Å². The van der Waals surface area contributed by atoms with E-state index in [0.717, 1.165) is 10.4 Å². The van der Waals surface area contributed by atoms with Crippen molar-refractivity contribution in [2.45, 2.75) is 11.1 Å². The highest BCUT2D eigenvalue weighted by atomic mass is 35.5. The van der Waals surface area contributed by atoms with Crippen molar-refractivity contribution in [3.05, 3.63) is 20.5 Å². The van der Waals surface area contributed by atoms with Gasteiger partial charge in [0.15, 0.2) is 4.34 Å². The van der Waals surface area contributed by atoms with Crippen LogP contribution in [-0.2, 0) is 14.8 Å². The molecule has 11 heteroatoms. The van der Waals surface area contributed by atoms with Gasteiger partial charge in [0.2, 0.25) is 5.91 Å². The Kier molecular flexibility index (Phi) is 5.68. The van der Waals surface area contributed by atoms with Crippen LogP contribution in [0.1, 0.15) is 6.92 Å². The third-order valence-electron chi connectivity index (χ3n) is 2.60. The zero-order valence-corrected chi connectivity index (χ0v) is 14.0. The van der Waals surface area contributed by atoms with Crippen LogP contribution in [0.3, 0.4) is 0 Å². The summed E-state index contributed by atoms with van der Waals surface area (Å²) < 4.78 is 25.3. The first kappa shape index (κ1) is 17.8. The fourth-order valence-corrected chi connectivity index (χ4v) is 4.59. The molecule has 0 aliphatic heterocycles. The Labute approximate surface area is 131 Å². The summed E-state index contributed by atoms with van der Waals surface area (Å²) in [6, 6.07) is 0.908. The van der Waals surface area contributed by atoms with Gasteiger partial charge in [-0.1, -0.05) is 18.5 Å². The molecule has 0 fully saturated rings. The van der Waals surface area contributed by atoms with Gasteiger partial charge in [-0.25, -0.2) is 8.42 Å². The molecule has 1 amide bonds. The first-order valence-corrected chi connectivity index (χ1v) is 8.38. The van der Waals surface area contributed by atoms with E-state index in [-0.39, 0.29) is 21.6 Å². The minimum Gasteiger partial charge on any atom is -0.348 e. The van der Waals surface area contributed by atoms with Gasteiger partial charge >= 0.3 is 0 Å². The van der Waals surface area contributed by atoms with E-state index in [1.54, 1.807) is 6.92 Å². The summed E-state index contributed by atoms with van der Waals surface area (Å²) in [4.78, 5) is 22.9. The minimum atomic E-state index is -4.00. The molecule has 1 heterocycles. The fraction of sp³-hybridized carbons (Fsp3) is 0.500. The van der Waals surface area contributed by atoms with Crippen molar-refractivity contribution in [3.8, 4) is 0 Å². The highest BCUT2D eigenvalue weighted by molar-refractivity contribution is 7.91. The fourth-order valence-electron chi connectivity index (χ4n) is 1.38. The van der Waals surface area contributed by atoms with Crippen molar-refractivity contribution in [2.24, 2.45) is 0 Å². The number of thiophene rings is 1. The van der Waals surface area contributed by atoms with E-state index in [1.165, 1.54) is 19.0 Å². The van der Waals surface area contributed by atoms with E-state index in [4.69, 9.17) is 11.6 Å². The molecule has 0 bridgehead atoms. The summed E-state index contributed by atoms with van der Waals surface area (Å²) in [7, 11) is -0.980. The molecule has 0 aliphatic carbocycles. The van der Waals surface area contributed by atoms with Gasteiger partial charge in [0, 0.05) is 26.7 Å². The summed E-state index contributed by atoms with van der Waals surface area (Å²) in [5.41, 5.74) is -0.463. The molecule has 1 aromatic heterocycles. The number of nitrogens with zero attached hydrogens (tertiary/aromatic N) is 3. The maximum atomic E-state index is 12.4. The summed E-state index contributed by atoms with van der Waals surface area (Å²) in [6.45, 7) is 1.30. The van der Waals surface area contributed by atoms with Crippen LogP contribution in [0.15, 0.2) is 10.3 Å². The van der Waals surface area contributed by atoms with Gasteiger partial charge in [-0.15, -0.1) is 11.3 Å². The van der Waals surface area contributed by atoms with E-state index in [9.17, 15) is 23.3 Å². The molecule has 0 aliphatic rings. The first-order chi connectivity index (χ1) is 9.61. The van der Waals surface area contributed by atoms with E-state index in [1.807, 2.05) is 0 Å². The van der Waals surface area contributed by atoms with E-state index in [2.05, 4.69) is 0 Å². The predicted molar refractivity (Wildman–Crippen MR) is 79.1 cm³/mol. The van der Waals surface area contributed by atoms with Crippen molar-refractivity contribution in [1.82, 2.24) is 9.21 Å². The second-order valence-electron chi connectivity index (χ2n) is 4.20. The molecular formula is C10H14ClN3O5S2. The van der Waals surface area contributed by atoms with E-state index >= 15 is 0 Å². The van der Waals surface area contributed by atoms with Crippen LogP contribution in [0.4, 0.5) is 5.69 Å². The molecule has 0 atom stereocenters. The van der Waals surface area contributed by atoms with Gasteiger partial charge in [0.05, 0.1) is 11.5 Å². The number of hydrogen-bond donors (Lipinski definition) is 0. The normalized spacial score (nSPS) is 11.7. The number of hydrogen-bond acceptors (Lipinski definition) is 6. The third kappa shape index (κ3) is 3.90. The zero-order chi connectivity index (χ0) is 16.4. The Balaban J connectivity index is 3.16. The monoisotopic (exact) mass is 355 g/mol. The van der Waals surface area contributed by atoms with Crippen LogP contribution in [0.25, 0.3) is 0 Å². The molecule has 0 unspecified atom stereocenters. The second kappa shape index (κ2) is 6.69. The molecule has 21 heavy (non-hydrogen) atoms. The topological polar surface area (TPSA) is 101 Å². The number of likely N-dealkylation sites (N-methyl/N-ethyl adjacent to an activating group) is 2. The Bertz CT molecular complexity index is 656. The molecule has 0 N–H and O–H groups in total. The summed E-state index contributed by atoms with van der Waals surface area (Å²) in [5.74, 6) is -0.391. The highest BCUT2D eigenvalue weighted by Gasteiger charge is 2.31. The van der Waals surface area contributed by atoms with Crippen LogP contribution < -0.4 is 0 Å². The second-order valence-corrected chi connectivity index (χ2v) is 8.02. The average molecular weight is 356 g/mol. The lowest BCUT2D eigenvalue weighted by Crippen LogP contribution is -2.39. The summed E-state index contributed by atoms with van der Waals surface area (Å²) in [6.07, 6.45) is 0. The molecule has 1 aromatic rings. The summed E-state index contributed by atoms with van der Waals surface area (Å²) >= 11 is 6.27. The van der Waals surface area contributed by atoms with Gasteiger partial charge in [0.1, 0.15) is 4.21 Å². The average Bonchev–Trinajstić information content (AvgIpc) is 2.78. The third-order valence-corrected chi connectivity index (χ3v) is 6.31. The molecule has 0 radical (unpaired) electrons. The summed E-state index contributed by atoms with van der Waals surface area (Å²) in [5, 5.41) is 10.7. The smallest absolute Gasteiger partial charge is 0.300 e. The quantitative estimate of drug-likeness (QED) is 0.567. The Morgan fingerprint density at radius 2 is 2.05 bits per heavy atom. The van der Waals surface area contributed by atoms with Crippen molar-refractivity contribution in [1.29, 1.82) is 0 Å². The molecular weight excluding hydrogens is 342 g/mol. The number of amides is 1. The van der Waals surface area contributed by atoms with Crippen molar-refractivity contribution >= 4 is 44.6 Å². The van der Waals surface area contributed by atoms with Crippen LogP contribution in [0, 0.1) is 10.1 Å². The number of rotatable bonds is 6. The molecule has 0 saturated heterocycles. The number of nitro groups is 1. The first-order valence-electron chi connectivity index (χ1n) is 5.75. The molecule has 8 nitrogen and oxygen atoms in total. The molecule has 118 valence electrons. The predicted octanol–water partition coefficient (Wildman–Crippen LogP) is 1.41. The lowest BCUT2D eigenvalue weighted by molar-refractivity contribution is -0.384. The minimum absolute atomic E-state index is 0.0607. The van der Waals surface area contributed by atoms with Gasteiger partial charge in [-0.05, 0) is 0 Å². The van der Waals surface area contributed by atoms with Gasteiger partial charge in [0.25, 0.3) is 15.7 Å². The van der Waals surface area contributed by atoms with Crippen molar-refractivity contribution in [2.75, 3.05) is 27.2 Å². The Morgan fingerprint density at radius 3 is 2.43 bits per heavy atom. The largest absolute Gasteiger partial charge is 0.348 e. The maximum Gasteiger partial charge on any atom is 0.300 e. The number of carbonyl (C=O) groups excluding carboxylic acids is 1. The van der Waals surface area contributed by atoms with E-state index < -0.39 is 26.5 Å². The molecule has 0 aromatic carbocycles. The zero-order valence-electron chi connectivity index (χ0n) is 11.6.